The number of aliphatic hydroxyl groups is 1. The van der Waals surface area contributed by atoms with E-state index in [9.17, 15) is 0 Å². The number of nitrogen functional groups attached to an aromatic ring is 1. The van der Waals surface area contributed by atoms with Crippen LogP contribution in [0.2, 0.25) is 0 Å². The van der Waals surface area contributed by atoms with Crippen LogP contribution in [0.3, 0.4) is 0 Å². The smallest absolute Gasteiger partial charge is 0.159 e. The minimum atomic E-state index is 0.248. The second kappa shape index (κ2) is 7.37. The molecule has 0 bridgehead atoms. The van der Waals surface area contributed by atoms with E-state index in [1.807, 2.05) is 0 Å². The third-order valence-electron chi connectivity index (χ3n) is 2.05. The van der Waals surface area contributed by atoms with Gasteiger partial charge in [-0.15, -0.1) is 0 Å². The van der Waals surface area contributed by atoms with E-state index in [-0.39, 0.29) is 6.61 Å². The topological polar surface area (TPSA) is 96.1 Å². The molecule has 6 nitrogen and oxygen atoms in total. The zero-order valence-electron chi connectivity index (χ0n) is 8.91. The summed E-state index contributed by atoms with van der Waals surface area (Å²) in [6.45, 7) is 1.05. The van der Waals surface area contributed by atoms with Crippen molar-refractivity contribution in [2.24, 2.45) is 5.84 Å². The Kier molecular flexibility index (Phi) is 6.05. The molecule has 0 fully saturated rings. The molecule has 16 heavy (non-hydrogen) atoms. The van der Waals surface area contributed by atoms with Crippen molar-refractivity contribution in [1.29, 1.82) is 0 Å². The number of anilines is 2. The molecule has 0 aliphatic carbocycles. The van der Waals surface area contributed by atoms with Gasteiger partial charge in [0.2, 0.25) is 0 Å². The number of aromatic nitrogens is 2. The lowest BCUT2D eigenvalue weighted by molar-refractivity contribution is 0.283. The maximum Gasteiger partial charge on any atom is 0.159 e. The van der Waals surface area contributed by atoms with Gasteiger partial charge in [-0.05, 0) is 35.2 Å². The molecule has 7 heteroatoms. The van der Waals surface area contributed by atoms with Crippen LogP contribution in [0.4, 0.5) is 11.6 Å². The van der Waals surface area contributed by atoms with E-state index in [4.69, 9.17) is 10.9 Å². The van der Waals surface area contributed by atoms with Crippen LogP contribution in [0.25, 0.3) is 0 Å². The normalized spacial score (nSPS) is 10.2. The summed E-state index contributed by atoms with van der Waals surface area (Å²) < 4.78 is 0.722. The van der Waals surface area contributed by atoms with Crippen molar-refractivity contribution in [2.75, 3.05) is 23.9 Å². The van der Waals surface area contributed by atoms with Crippen molar-refractivity contribution < 1.29 is 5.11 Å². The predicted octanol–water partition coefficient (Wildman–Crippen LogP) is 1.10. The van der Waals surface area contributed by atoms with Crippen LogP contribution in [-0.4, -0.2) is 28.2 Å². The van der Waals surface area contributed by atoms with Crippen LogP contribution in [0, 0.1) is 0 Å². The number of hydrazine groups is 1. The minimum Gasteiger partial charge on any atom is -0.396 e. The Morgan fingerprint density at radius 1 is 1.25 bits per heavy atom. The van der Waals surface area contributed by atoms with E-state index >= 15 is 0 Å². The molecule has 0 aliphatic heterocycles. The molecule has 90 valence electrons. The number of nitrogens with two attached hydrogens (primary N) is 1. The van der Waals surface area contributed by atoms with Crippen molar-refractivity contribution in [3.05, 3.63) is 10.8 Å². The number of rotatable bonds is 7. The highest BCUT2D eigenvalue weighted by Crippen LogP contribution is 2.25. The lowest BCUT2D eigenvalue weighted by Gasteiger charge is -2.09. The highest BCUT2D eigenvalue weighted by molar-refractivity contribution is 9.10. The van der Waals surface area contributed by atoms with Gasteiger partial charge in [0, 0.05) is 13.2 Å². The zero-order chi connectivity index (χ0) is 11.8. The monoisotopic (exact) mass is 289 g/mol. The fourth-order valence-electron chi connectivity index (χ4n) is 1.21. The van der Waals surface area contributed by atoms with E-state index in [1.165, 1.54) is 6.33 Å². The molecule has 1 aromatic heterocycles. The van der Waals surface area contributed by atoms with Gasteiger partial charge in [0.25, 0.3) is 0 Å². The van der Waals surface area contributed by atoms with E-state index in [1.54, 1.807) is 0 Å². The molecular weight excluding hydrogens is 274 g/mol. The highest BCUT2D eigenvalue weighted by Gasteiger charge is 2.06. The Labute approximate surface area is 103 Å². The minimum absolute atomic E-state index is 0.248. The van der Waals surface area contributed by atoms with Crippen molar-refractivity contribution in [2.45, 2.75) is 19.3 Å². The summed E-state index contributed by atoms with van der Waals surface area (Å²) in [7, 11) is 0. The van der Waals surface area contributed by atoms with Crippen molar-refractivity contribution in [1.82, 2.24) is 9.97 Å². The largest absolute Gasteiger partial charge is 0.396 e. The number of halogens is 1. The van der Waals surface area contributed by atoms with Crippen molar-refractivity contribution in [3.63, 3.8) is 0 Å². The first-order valence-electron chi connectivity index (χ1n) is 5.11. The Balaban J connectivity index is 2.41. The van der Waals surface area contributed by atoms with Crippen molar-refractivity contribution >= 4 is 27.6 Å². The van der Waals surface area contributed by atoms with Gasteiger partial charge in [-0.2, -0.15) is 0 Å². The Hall–Kier alpha value is -0.920. The maximum absolute atomic E-state index is 8.62. The number of aliphatic hydroxyl groups excluding tert-OH is 1. The number of hydrogen-bond donors (Lipinski definition) is 4. The van der Waals surface area contributed by atoms with Crippen LogP contribution >= 0.6 is 15.9 Å². The van der Waals surface area contributed by atoms with Gasteiger partial charge in [0.05, 0.1) is 0 Å². The molecule has 0 radical (unpaired) electrons. The molecule has 1 aromatic rings. The molecule has 0 aromatic carbocycles. The summed E-state index contributed by atoms with van der Waals surface area (Å²) in [5, 5.41) is 11.8. The SMILES string of the molecule is NNc1ncnc(NCCCCCO)c1Br. The molecule has 5 N–H and O–H groups in total. The molecular formula is C9H16BrN5O. The number of nitrogens with one attached hydrogen (secondary N) is 2. The Morgan fingerprint density at radius 2 is 2.00 bits per heavy atom. The summed E-state index contributed by atoms with van der Waals surface area (Å²) in [5.74, 6) is 6.55. The Morgan fingerprint density at radius 3 is 2.69 bits per heavy atom. The molecule has 0 saturated heterocycles. The number of nitrogens with zero attached hydrogens (tertiary/aromatic N) is 2. The first-order valence-corrected chi connectivity index (χ1v) is 5.90. The first kappa shape index (κ1) is 13.1. The first-order chi connectivity index (χ1) is 7.79. The molecule has 0 saturated carbocycles. The average Bonchev–Trinajstić information content (AvgIpc) is 2.31. The molecule has 1 rings (SSSR count). The summed E-state index contributed by atoms with van der Waals surface area (Å²) >= 11 is 3.35. The van der Waals surface area contributed by atoms with E-state index in [0.29, 0.717) is 11.6 Å². The van der Waals surface area contributed by atoms with Crippen LogP contribution in [0.15, 0.2) is 10.8 Å². The summed E-state index contributed by atoms with van der Waals surface area (Å²) in [6, 6.07) is 0. The van der Waals surface area contributed by atoms with E-state index in [0.717, 1.165) is 30.3 Å². The number of unbranched alkanes of at least 4 members (excludes halogenated alkanes) is 2. The second-order valence-electron chi connectivity index (χ2n) is 3.24. The van der Waals surface area contributed by atoms with Gasteiger partial charge in [-0.25, -0.2) is 15.8 Å². The summed E-state index contributed by atoms with van der Waals surface area (Å²) in [5.41, 5.74) is 2.48. The van der Waals surface area contributed by atoms with Crippen LogP contribution in [0.1, 0.15) is 19.3 Å². The summed E-state index contributed by atoms with van der Waals surface area (Å²) in [4.78, 5) is 8.04. The fourth-order valence-corrected chi connectivity index (χ4v) is 1.67. The van der Waals surface area contributed by atoms with Gasteiger partial charge in [0.15, 0.2) is 5.82 Å². The Bertz CT molecular complexity index is 323. The molecule has 0 spiro atoms. The molecule has 0 amide bonds. The van der Waals surface area contributed by atoms with Gasteiger partial charge >= 0.3 is 0 Å². The zero-order valence-corrected chi connectivity index (χ0v) is 10.5. The third kappa shape index (κ3) is 3.92. The maximum atomic E-state index is 8.62. The predicted molar refractivity (Wildman–Crippen MR) is 67.0 cm³/mol. The van der Waals surface area contributed by atoms with Gasteiger partial charge in [-0.3, -0.25) is 0 Å². The van der Waals surface area contributed by atoms with E-state index < -0.39 is 0 Å². The van der Waals surface area contributed by atoms with Crippen molar-refractivity contribution in [3.8, 4) is 0 Å². The lowest BCUT2D eigenvalue weighted by Crippen LogP contribution is -2.12. The van der Waals surface area contributed by atoms with E-state index in [2.05, 4.69) is 36.6 Å². The average molecular weight is 290 g/mol. The quantitative estimate of drug-likeness (QED) is 0.341. The lowest BCUT2D eigenvalue weighted by atomic mass is 10.2. The molecule has 0 atom stereocenters. The molecule has 1 heterocycles. The van der Waals surface area contributed by atoms with Crippen LogP contribution in [-0.2, 0) is 0 Å². The van der Waals surface area contributed by atoms with Gasteiger partial charge in [-0.1, -0.05) is 0 Å². The third-order valence-corrected chi connectivity index (χ3v) is 2.80. The van der Waals surface area contributed by atoms with Crippen LogP contribution < -0.4 is 16.6 Å². The number of hydrogen-bond acceptors (Lipinski definition) is 6. The molecule has 0 aliphatic rings. The van der Waals surface area contributed by atoms with Gasteiger partial charge < -0.3 is 15.8 Å². The fraction of sp³-hybridized carbons (Fsp3) is 0.556. The second-order valence-corrected chi connectivity index (χ2v) is 4.03. The van der Waals surface area contributed by atoms with Gasteiger partial charge in [0.1, 0.15) is 16.6 Å². The standard InChI is InChI=1S/C9H16BrN5O/c10-7-8(12-4-2-1-3-5-16)13-6-14-9(7)15-11/h6,16H,1-5,11H2,(H2,12,13,14,15). The van der Waals surface area contributed by atoms with Crippen LogP contribution in [0.5, 0.6) is 0 Å². The highest BCUT2D eigenvalue weighted by atomic mass is 79.9. The summed E-state index contributed by atoms with van der Waals surface area (Å²) in [6.07, 6.45) is 4.26. The molecule has 0 unspecified atom stereocenters.